The van der Waals surface area contributed by atoms with Gasteiger partial charge in [0.15, 0.2) is 0 Å². The number of halogens is 2. The zero-order chi connectivity index (χ0) is 13.3. The van der Waals surface area contributed by atoms with Gasteiger partial charge < -0.3 is 0 Å². The first kappa shape index (κ1) is 13.3. The Bertz CT molecular complexity index is 682. The third kappa shape index (κ3) is 2.82. The maximum atomic E-state index is 13.5. The summed E-state index contributed by atoms with van der Waals surface area (Å²) < 4.78 is 40.0. The monoisotopic (exact) mass is 305 g/mol. The van der Waals surface area contributed by atoms with Crippen molar-refractivity contribution >= 4 is 38.6 Å². The average Bonchev–Trinajstić information content (AvgIpc) is 2.71. The molecule has 1 heterocycles. The van der Waals surface area contributed by atoms with Crippen LogP contribution in [0, 0.1) is 12.7 Å². The molecule has 18 heavy (non-hydrogen) atoms. The molecule has 0 aliphatic carbocycles. The zero-order valence-corrected chi connectivity index (χ0v) is 11.7. The van der Waals surface area contributed by atoms with Gasteiger partial charge in [0.05, 0.1) is 10.0 Å². The van der Waals surface area contributed by atoms with Crippen molar-refractivity contribution in [2.45, 2.75) is 11.1 Å². The molecule has 0 amide bonds. The molecule has 0 unspecified atom stereocenters. The van der Waals surface area contributed by atoms with Crippen LogP contribution >= 0.6 is 22.9 Å². The third-order valence-electron chi connectivity index (χ3n) is 2.18. The van der Waals surface area contributed by atoms with Crippen LogP contribution in [0.5, 0.6) is 0 Å². The van der Waals surface area contributed by atoms with Crippen LogP contribution in [0.15, 0.2) is 34.5 Å². The molecule has 0 spiro atoms. The van der Waals surface area contributed by atoms with E-state index in [4.69, 9.17) is 11.6 Å². The first-order chi connectivity index (χ1) is 8.38. The third-order valence-corrected chi connectivity index (χ3v) is 5.27. The molecule has 1 N–H and O–H groups in total. The molecule has 1 aromatic carbocycles. The summed E-state index contributed by atoms with van der Waals surface area (Å²) in [5, 5.41) is 0. The molecular formula is C11H9ClFNO2S2. The van der Waals surface area contributed by atoms with Crippen LogP contribution in [0.25, 0.3) is 0 Å². The molecule has 0 saturated heterocycles. The van der Waals surface area contributed by atoms with Crippen LogP contribution in [0.2, 0.25) is 4.34 Å². The maximum absolute atomic E-state index is 13.5. The van der Waals surface area contributed by atoms with Crippen LogP contribution in [0.3, 0.4) is 0 Å². The summed E-state index contributed by atoms with van der Waals surface area (Å²) in [6, 6.07) is 7.07. The van der Waals surface area contributed by atoms with E-state index in [-0.39, 0.29) is 9.90 Å². The number of sulfonamides is 1. The van der Waals surface area contributed by atoms with E-state index in [1.165, 1.54) is 24.3 Å². The summed E-state index contributed by atoms with van der Waals surface area (Å²) in [4.78, 5) is 0. The Labute approximate surface area is 113 Å². The minimum Gasteiger partial charge on any atom is -0.276 e. The summed E-state index contributed by atoms with van der Waals surface area (Å²) >= 11 is 6.59. The Morgan fingerprint density at radius 3 is 2.61 bits per heavy atom. The average molecular weight is 306 g/mol. The Hall–Kier alpha value is -1.11. The lowest BCUT2D eigenvalue weighted by molar-refractivity contribution is 0.600. The molecule has 0 bridgehead atoms. The number of anilines is 1. The highest BCUT2D eigenvalue weighted by Crippen LogP contribution is 2.28. The highest BCUT2D eigenvalue weighted by molar-refractivity contribution is 7.94. The van der Waals surface area contributed by atoms with E-state index >= 15 is 0 Å². The van der Waals surface area contributed by atoms with Crippen LogP contribution in [0.4, 0.5) is 10.1 Å². The van der Waals surface area contributed by atoms with Gasteiger partial charge in [-0.25, -0.2) is 12.8 Å². The standard InChI is InChI=1S/C11H9ClFNO2S2/c1-7-2-3-8(13)9(6-7)14-18(15,16)11-5-4-10(12)17-11/h2-6,14H,1H3. The quantitative estimate of drug-likeness (QED) is 0.941. The predicted molar refractivity (Wildman–Crippen MR) is 71.3 cm³/mol. The lowest BCUT2D eigenvalue weighted by Gasteiger charge is -2.07. The molecule has 1 aromatic heterocycles. The normalized spacial score (nSPS) is 11.5. The number of hydrogen-bond acceptors (Lipinski definition) is 3. The second-order valence-electron chi connectivity index (χ2n) is 3.65. The van der Waals surface area contributed by atoms with Gasteiger partial charge in [-0.3, -0.25) is 4.72 Å². The first-order valence-corrected chi connectivity index (χ1v) is 7.60. The highest BCUT2D eigenvalue weighted by atomic mass is 35.5. The fourth-order valence-electron chi connectivity index (χ4n) is 1.35. The molecule has 7 heteroatoms. The molecule has 2 aromatic rings. The lowest BCUT2D eigenvalue weighted by Crippen LogP contribution is -2.12. The summed E-state index contributed by atoms with van der Waals surface area (Å²) in [7, 11) is -3.79. The van der Waals surface area contributed by atoms with Crippen LogP contribution in [-0.2, 0) is 10.0 Å². The van der Waals surface area contributed by atoms with Gasteiger partial charge in [-0.2, -0.15) is 0 Å². The van der Waals surface area contributed by atoms with E-state index in [1.54, 1.807) is 13.0 Å². The molecule has 96 valence electrons. The van der Waals surface area contributed by atoms with E-state index < -0.39 is 15.8 Å². The fraction of sp³-hybridized carbons (Fsp3) is 0.0909. The molecule has 2 rings (SSSR count). The second kappa shape index (κ2) is 4.87. The number of thiophene rings is 1. The molecule has 0 saturated carbocycles. The van der Waals surface area contributed by atoms with Gasteiger partial charge in [-0.05, 0) is 36.8 Å². The first-order valence-electron chi connectivity index (χ1n) is 4.93. The van der Waals surface area contributed by atoms with Gasteiger partial charge in [-0.1, -0.05) is 17.7 Å². The molecule has 3 nitrogen and oxygen atoms in total. The lowest BCUT2D eigenvalue weighted by atomic mass is 10.2. The van der Waals surface area contributed by atoms with E-state index in [9.17, 15) is 12.8 Å². The fourth-order valence-corrected chi connectivity index (χ4v) is 3.90. The van der Waals surface area contributed by atoms with Gasteiger partial charge in [0.2, 0.25) is 0 Å². The van der Waals surface area contributed by atoms with Gasteiger partial charge in [-0.15, -0.1) is 11.3 Å². The van der Waals surface area contributed by atoms with E-state index in [0.29, 0.717) is 4.34 Å². The van der Waals surface area contributed by atoms with Crippen molar-refractivity contribution in [3.63, 3.8) is 0 Å². The minimum absolute atomic E-state index is 0.0495. The Balaban J connectivity index is 2.36. The van der Waals surface area contributed by atoms with E-state index in [2.05, 4.69) is 4.72 Å². The largest absolute Gasteiger partial charge is 0.276 e. The van der Waals surface area contributed by atoms with Crippen molar-refractivity contribution in [1.29, 1.82) is 0 Å². The van der Waals surface area contributed by atoms with Crippen LogP contribution in [-0.4, -0.2) is 8.42 Å². The van der Waals surface area contributed by atoms with E-state index in [1.807, 2.05) is 0 Å². The smallest absolute Gasteiger partial charge is 0.271 e. The summed E-state index contributed by atoms with van der Waals surface area (Å²) in [6.07, 6.45) is 0. The van der Waals surface area contributed by atoms with Crippen molar-refractivity contribution in [2.75, 3.05) is 4.72 Å². The van der Waals surface area contributed by atoms with Gasteiger partial charge in [0.25, 0.3) is 10.0 Å². The van der Waals surface area contributed by atoms with E-state index in [0.717, 1.165) is 16.9 Å². The van der Waals surface area contributed by atoms with Crippen LogP contribution < -0.4 is 4.72 Å². The Morgan fingerprint density at radius 2 is 2.00 bits per heavy atom. The molecule has 0 aliphatic rings. The summed E-state index contributed by atoms with van der Waals surface area (Å²) in [5.74, 6) is -0.619. The van der Waals surface area contributed by atoms with Crippen molar-refractivity contribution in [1.82, 2.24) is 0 Å². The number of rotatable bonds is 3. The molecule has 0 aliphatic heterocycles. The molecule has 0 fully saturated rings. The maximum Gasteiger partial charge on any atom is 0.271 e. The zero-order valence-electron chi connectivity index (χ0n) is 9.28. The SMILES string of the molecule is Cc1ccc(F)c(NS(=O)(=O)c2ccc(Cl)s2)c1. The number of aryl methyl sites for hydroxylation is 1. The van der Waals surface area contributed by atoms with Gasteiger partial charge in [0.1, 0.15) is 10.0 Å². The molecule has 0 radical (unpaired) electrons. The number of nitrogens with one attached hydrogen (secondary N) is 1. The number of hydrogen-bond donors (Lipinski definition) is 1. The van der Waals surface area contributed by atoms with Crippen molar-refractivity contribution in [2.24, 2.45) is 0 Å². The van der Waals surface area contributed by atoms with Crippen molar-refractivity contribution < 1.29 is 12.8 Å². The van der Waals surface area contributed by atoms with Crippen molar-refractivity contribution in [3.05, 3.63) is 46.0 Å². The highest BCUT2D eigenvalue weighted by Gasteiger charge is 2.18. The van der Waals surface area contributed by atoms with Crippen LogP contribution in [0.1, 0.15) is 5.56 Å². The topological polar surface area (TPSA) is 46.2 Å². The molecular weight excluding hydrogens is 297 g/mol. The summed E-state index contributed by atoms with van der Waals surface area (Å²) in [6.45, 7) is 1.75. The Morgan fingerprint density at radius 1 is 1.28 bits per heavy atom. The van der Waals surface area contributed by atoms with Gasteiger partial charge >= 0.3 is 0 Å². The van der Waals surface area contributed by atoms with Gasteiger partial charge in [0, 0.05) is 0 Å². The minimum atomic E-state index is -3.79. The second-order valence-corrected chi connectivity index (χ2v) is 7.27. The molecule has 0 atom stereocenters. The number of benzene rings is 1. The Kier molecular flexibility index (Phi) is 3.61. The summed E-state index contributed by atoms with van der Waals surface area (Å²) in [5.41, 5.74) is 0.692. The predicted octanol–water partition coefficient (Wildman–Crippen LogP) is 3.65. The van der Waals surface area contributed by atoms with Crippen molar-refractivity contribution in [3.8, 4) is 0 Å².